The zero-order valence-corrected chi connectivity index (χ0v) is 30.1. The second-order valence-electron chi connectivity index (χ2n) is 16.5. The lowest BCUT2D eigenvalue weighted by atomic mass is 9.51. The van der Waals surface area contributed by atoms with Crippen molar-refractivity contribution in [3.8, 4) is 11.1 Å². The van der Waals surface area contributed by atoms with E-state index in [9.17, 15) is 14.7 Å². The van der Waals surface area contributed by atoms with E-state index < -0.39 is 6.10 Å². The maximum absolute atomic E-state index is 14.6. The number of methoxy groups -OCH3 is 1. The second kappa shape index (κ2) is 13.8. The maximum atomic E-state index is 14.6. The van der Waals surface area contributed by atoms with Gasteiger partial charge in [-0.3, -0.25) is 14.4 Å². The van der Waals surface area contributed by atoms with Crippen LogP contribution >= 0.6 is 0 Å². The number of fused-ring (bicyclic) bond motifs is 3. The Bertz CT molecular complexity index is 1640. The number of carbonyl (C=O) groups excluding carboxylic acids is 2. The highest BCUT2D eigenvalue weighted by Gasteiger charge is 2.51. The first kappa shape index (κ1) is 34.7. The number of rotatable bonds is 9. The van der Waals surface area contributed by atoms with Crippen molar-refractivity contribution in [3.63, 3.8) is 0 Å². The topological polar surface area (TPSA) is 110 Å². The fraction of sp³-hybridized carbons (Fsp3) is 0.600. The van der Waals surface area contributed by atoms with E-state index in [-0.39, 0.29) is 40.4 Å². The average Bonchev–Trinajstić information content (AvgIpc) is 3.63. The zero-order valence-electron chi connectivity index (χ0n) is 30.1. The number of aliphatic hydroxyl groups is 1. The predicted molar refractivity (Wildman–Crippen MR) is 192 cm³/mol. The summed E-state index contributed by atoms with van der Waals surface area (Å²) in [6.45, 7) is 8.34. The number of pyridine rings is 1. The van der Waals surface area contributed by atoms with Crippen molar-refractivity contribution in [3.05, 3.63) is 66.1 Å². The van der Waals surface area contributed by atoms with Crippen molar-refractivity contribution in [1.29, 1.82) is 0 Å². The van der Waals surface area contributed by atoms with Gasteiger partial charge >= 0.3 is 6.09 Å². The van der Waals surface area contributed by atoms with Gasteiger partial charge < -0.3 is 19.5 Å². The number of likely N-dealkylation sites (tertiary alicyclic amines) is 1. The third kappa shape index (κ3) is 7.06. The fourth-order valence-corrected chi connectivity index (χ4v) is 8.72. The Morgan fingerprint density at radius 1 is 0.960 bits per heavy atom. The fourth-order valence-electron chi connectivity index (χ4n) is 8.72. The molecule has 5 fully saturated rings. The third-order valence-corrected chi connectivity index (χ3v) is 12.1. The number of aromatic nitrogens is 3. The molecule has 3 aromatic rings. The number of ether oxygens (including phenoxy) is 2. The van der Waals surface area contributed by atoms with Crippen LogP contribution in [0.2, 0.25) is 0 Å². The van der Waals surface area contributed by atoms with Gasteiger partial charge in [0.15, 0.2) is 0 Å². The lowest BCUT2D eigenvalue weighted by molar-refractivity contribution is -0.124. The van der Waals surface area contributed by atoms with Crippen LogP contribution in [0.15, 0.2) is 55.0 Å². The van der Waals surface area contributed by atoms with Crippen molar-refractivity contribution < 1.29 is 24.2 Å². The summed E-state index contributed by atoms with van der Waals surface area (Å²) < 4.78 is 13.1. The molecular weight excluding hydrogens is 630 g/mol. The van der Waals surface area contributed by atoms with Gasteiger partial charge in [0.25, 0.3) is 0 Å². The van der Waals surface area contributed by atoms with Gasteiger partial charge in [-0.05, 0) is 125 Å². The van der Waals surface area contributed by atoms with Gasteiger partial charge in [-0.25, -0.2) is 9.78 Å². The van der Waals surface area contributed by atoms with Crippen molar-refractivity contribution in [2.45, 2.75) is 115 Å². The molecular formula is C40H53N5O5. The van der Waals surface area contributed by atoms with Gasteiger partial charge in [0, 0.05) is 37.5 Å². The summed E-state index contributed by atoms with van der Waals surface area (Å²) in [5.74, 6) is 0.672. The van der Waals surface area contributed by atoms with Crippen LogP contribution < -0.4 is 4.90 Å². The standard InChI is InChI=1S/C40H53N5O5/c1-38(2,3)45-23-31(22-42-45)30-13-20-41-35(21-30)44(36(47)29-7-11-34(12-8-29)50-37(48)43-24-33(46)25-43)27-39-14-17-40(18-15-39,19-16-39)32-9-5-28(6-10-32)26-49-4/h5-6,9-10,13,20-23,29,33-34,46H,7-8,11-12,14-19,24-27H2,1-4H3. The highest BCUT2D eigenvalue weighted by atomic mass is 16.6. The third-order valence-electron chi connectivity index (χ3n) is 12.1. The molecule has 4 aliphatic carbocycles. The molecule has 2 amide bonds. The van der Waals surface area contributed by atoms with Gasteiger partial charge in [-0.2, -0.15) is 5.10 Å². The second-order valence-corrected chi connectivity index (χ2v) is 16.5. The summed E-state index contributed by atoms with van der Waals surface area (Å²) in [5.41, 5.74) is 4.76. The molecule has 4 saturated carbocycles. The van der Waals surface area contributed by atoms with E-state index in [4.69, 9.17) is 14.5 Å². The molecule has 8 rings (SSSR count). The first-order chi connectivity index (χ1) is 24.0. The summed E-state index contributed by atoms with van der Waals surface area (Å²) in [4.78, 5) is 35.5. The maximum Gasteiger partial charge on any atom is 0.410 e. The number of β-amino-alcohol motifs (C(OH)–C–C–N with tert-alkyl or cyclic N) is 1. The van der Waals surface area contributed by atoms with Crippen molar-refractivity contribution in [2.75, 3.05) is 31.6 Å². The molecule has 1 aromatic carbocycles. The summed E-state index contributed by atoms with van der Waals surface area (Å²) >= 11 is 0. The Labute approximate surface area is 296 Å². The van der Waals surface area contributed by atoms with E-state index in [0.29, 0.717) is 57.7 Å². The summed E-state index contributed by atoms with van der Waals surface area (Å²) in [7, 11) is 1.74. The van der Waals surface area contributed by atoms with E-state index >= 15 is 0 Å². The first-order valence-electron chi connectivity index (χ1n) is 18.5. The van der Waals surface area contributed by atoms with Crippen LogP contribution in [-0.2, 0) is 31.8 Å². The molecule has 2 aromatic heterocycles. The van der Waals surface area contributed by atoms with Crippen LogP contribution in [0.25, 0.3) is 11.1 Å². The first-order valence-corrected chi connectivity index (χ1v) is 18.5. The monoisotopic (exact) mass is 683 g/mol. The Kier molecular flexibility index (Phi) is 9.54. The Morgan fingerprint density at radius 2 is 1.64 bits per heavy atom. The molecule has 50 heavy (non-hydrogen) atoms. The Morgan fingerprint density at radius 3 is 2.24 bits per heavy atom. The molecule has 1 saturated heterocycles. The van der Waals surface area contributed by atoms with Gasteiger partial charge in [0.2, 0.25) is 5.91 Å². The van der Waals surface area contributed by atoms with E-state index in [1.807, 2.05) is 28.0 Å². The highest BCUT2D eigenvalue weighted by Crippen LogP contribution is 2.58. The Balaban J connectivity index is 1.09. The van der Waals surface area contributed by atoms with Crippen LogP contribution in [0, 0.1) is 11.3 Å². The minimum atomic E-state index is -0.458. The van der Waals surface area contributed by atoms with E-state index in [0.717, 1.165) is 49.7 Å². The molecule has 0 radical (unpaired) electrons. The SMILES string of the molecule is COCc1ccc(C23CCC(CN(C(=O)C4CCC(OC(=O)N5CC(O)C5)CC4)c4cc(-c5cnn(C(C)(C)C)c5)ccn4)(CC2)CC3)cc1. The number of anilines is 1. The summed E-state index contributed by atoms with van der Waals surface area (Å²) in [6.07, 6.45) is 14.0. The van der Waals surface area contributed by atoms with Crippen molar-refractivity contribution in [1.82, 2.24) is 19.7 Å². The molecule has 0 spiro atoms. The largest absolute Gasteiger partial charge is 0.446 e. The van der Waals surface area contributed by atoms with E-state index in [2.05, 4.69) is 62.4 Å². The van der Waals surface area contributed by atoms with Crippen LogP contribution in [-0.4, -0.2) is 75.7 Å². The molecule has 0 atom stereocenters. The molecule has 0 unspecified atom stereocenters. The average molecular weight is 684 g/mol. The smallest absolute Gasteiger partial charge is 0.410 e. The van der Waals surface area contributed by atoms with Gasteiger partial charge in [-0.15, -0.1) is 0 Å². The van der Waals surface area contributed by atoms with E-state index in [1.54, 1.807) is 7.11 Å². The number of hydrogen-bond donors (Lipinski definition) is 1. The van der Waals surface area contributed by atoms with E-state index in [1.165, 1.54) is 16.0 Å². The number of aliphatic hydroxyl groups excluding tert-OH is 1. The van der Waals surface area contributed by atoms with Crippen LogP contribution in [0.5, 0.6) is 0 Å². The van der Waals surface area contributed by atoms with Gasteiger partial charge in [0.1, 0.15) is 11.9 Å². The Hall–Kier alpha value is -3.76. The summed E-state index contributed by atoms with van der Waals surface area (Å²) in [5, 5.41) is 14.2. The molecule has 3 heterocycles. The minimum Gasteiger partial charge on any atom is -0.446 e. The van der Waals surface area contributed by atoms with Crippen LogP contribution in [0.4, 0.5) is 10.6 Å². The lowest BCUT2D eigenvalue weighted by Gasteiger charge is -2.55. The zero-order chi connectivity index (χ0) is 35.1. The van der Waals surface area contributed by atoms with Gasteiger partial charge in [0.05, 0.1) is 37.5 Å². The predicted octanol–water partition coefficient (Wildman–Crippen LogP) is 6.84. The molecule has 1 N–H and O–H groups in total. The molecule has 268 valence electrons. The molecule has 2 bridgehead atoms. The number of amides is 2. The van der Waals surface area contributed by atoms with Gasteiger partial charge in [-0.1, -0.05) is 24.3 Å². The minimum absolute atomic E-state index is 0.0523. The molecule has 10 nitrogen and oxygen atoms in total. The molecule has 1 aliphatic heterocycles. The van der Waals surface area contributed by atoms with Crippen LogP contribution in [0.1, 0.15) is 96.1 Å². The molecule has 5 aliphatic rings. The quantitative estimate of drug-likeness (QED) is 0.263. The van der Waals surface area contributed by atoms with Crippen LogP contribution in [0.3, 0.4) is 0 Å². The highest BCUT2D eigenvalue weighted by molar-refractivity contribution is 5.95. The number of benzene rings is 1. The number of nitrogens with zero attached hydrogens (tertiary/aromatic N) is 5. The van der Waals surface area contributed by atoms with Crippen molar-refractivity contribution >= 4 is 17.8 Å². The van der Waals surface area contributed by atoms with Crippen molar-refractivity contribution in [2.24, 2.45) is 11.3 Å². The molecule has 10 heteroatoms. The summed E-state index contributed by atoms with van der Waals surface area (Å²) in [6, 6.07) is 13.1. The number of carbonyl (C=O) groups is 2. The number of hydrogen-bond acceptors (Lipinski definition) is 7. The lowest BCUT2D eigenvalue weighted by Crippen LogP contribution is -2.54. The normalized spacial score (nSPS) is 26.8.